The predicted octanol–water partition coefficient (Wildman–Crippen LogP) is 5.14. The number of rotatable bonds is 6. The van der Waals surface area contributed by atoms with Crippen LogP contribution in [0.3, 0.4) is 0 Å². The van der Waals surface area contributed by atoms with Crippen LogP contribution in [-0.4, -0.2) is 18.9 Å². The van der Waals surface area contributed by atoms with Gasteiger partial charge in [0.15, 0.2) is 6.61 Å². The topological polar surface area (TPSA) is 52.6 Å². The van der Waals surface area contributed by atoms with E-state index in [0.717, 1.165) is 0 Å². The third-order valence-corrected chi connectivity index (χ3v) is 4.04. The Morgan fingerprint density at radius 3 is 1.88 bits per heavy atom. The molecule has 2 aromatic carbocycles. The third-order valence-electron chi connectivity index (χ3n) is 2.87. The molecule has 0 spiro atoms. The Balaban J connectivity index is 1.95. The summed E-state index contributed by atoms with van der Waals surface area (Å²) in [7, 11) is -9.76. The molecule has 0 saturated heterocycles. The number of carbonyl (C=O) groups is 2. The van der Waals surface area contributed by atoms with E-state index in [1.54, 1.807) is 0 Å². The quantitative estimate of drug-likeness (QED) is 0.300. The van der Waals surface area contributed by atoms with Crippen molar-refractivity contribution < 1.29 is 38.5 Å². The van der Waals surface area contributed by atoms with Gasteiger partial charge in [0, 0.05) is 5.56 Å². The van der Waals surface area contributed by atoms with E-state index in [-0.39, 0.29) is 23.6 Å². The second-order valence-electron chi connectivity index (χ2n) is 4.89. The maximum Gasteiger partial charge on any atom is 0.349 e. The molecule has 10 heteroatoms. The first-order valence-electron chi connectivity index (χ1n) is 6.60. The lowest BCUT2D eigenvalue weighted by Crippen LogP contribution is -2.17. The summed E-state index contributed by atoms with van der Waals surface area (Å²) in [6.07, 6.45) is 0.619. The number of ether oxygens (including phenoxy) is 2. The van der Waals surface area contributed by atoms with Crippen molar-refractivity contribution >= 4 is 22.5 Å². The Bertz CT molecular complexity index is 786. The van der Waals surface area contributed by atoms with Gasteiger partial charge in [-0.15, -0.1) is 0 Å². The minimum Gasteiger partial charge on any atom is -0.482 e. The summed E-state index contributed by atoms with van der Waals surface area (Å²) in [6.45, 7) is -0.566. The van der Waals surface area contributed by atoms with Gasteiger partial charge in [-0.1, -0.05) is 19.4 Å². The number of hydrogen-bond donors (Lipinski definition) is 0. The van der Waals surface area contributed by atoms with E-state index in [1.165, 1.54) is 24.3 Å². The van der Waals surface area contributed by atoms with E-state index in [2.05, 4.69) is 0 Å². The first-order chi connectivity index (χ1) is 11.4. The van der Waals surface area contributed by atoms with Crippen LogP contribution in [0.2, 0.25) is 0 Å². The van der Waals surface area contributed by atoms with Crippen LogP contribution in [0.25, 0.3) is 0 Å². The second kappa shape index (κ2) is 5.73. The number of hydrogen-bond acceptors (Lipinski definition) is 4. The third kappa shape index (κ3) is 5.45. The first kappa shape index (κ1) is 18.7. The maximum absolute atomic E-state index is 12.6. The first-order valence-corrected chi connectivity index (χ1v) is 8.55. The highest BCUT2D eigenvalue weighted by Crippen LogP contribution is 3.02. The maximum atomic E-state index is 12.6. The van der Waals surface area contributed by atoms with Gasteiger partial charge in [-0.2, -0.15) is 0 Å². The summed E-state index contributed by atoms with van der Waals surface area (Å²) < 4.78 is 72.5. The van der Waals surface area contributed by atoms with Crippen LogP contribution < -0.4 is 9.47 Å². The van der Waals surface area contributed by atoms with Crippen LogP contribution in [-0.2, 0) is 4.79 Å². The molecule has 0 amide bonds. The normalized spacial score (nSPS) is 14.1. The fourth-order valence-corrected chi connectivity index (χ4v) is 2.36. The lowest BCUT2D eigenvalue weighted by Gasteiger charge is -2.40. The van der Waals surface area contributed by atoms with E-state index in [9.17, 15) is 29.0 Å². The van der Waals surface area contributed by atoms with Crippen molar-refractivity contribution in [3.05, 3.63) is 54.1 Å². The molecule has 0 fully saturated rings. The molecule has 0 heterocycles. The molecule has 0 aliphatic rings. The van der Waals surface area contributed by atoms with Crippen LogP contribution in [0.1, 0.15) is 10.4 Å². The molecule has 0 aliphatic carbocycles. The molecule has 2 rings (SSSR count). The van der Waals surface area contributed by atoms with Crippen LogP contribution >= 0.6 is 10.2 Å². The lowest BCUT2D eigenvalue weighted by molar-refractivity contribution is -0.136. The Morgan fingerprint density at radius 1 is 0.880 bits per heavy atom. The van der Waals surface area contributed by atoms with Gasteiger partial charge in [0.05, 0.1) is 0 Å². The van der Waals surface area contributed by atoms with Gasteiger partial charge < -0.3 is 9.47 Å². The lowest BCUT2D eigenvalue weighted by atomic mass is 10.2. The summed E-state index contributed by atoms with van der Waals surface area (Å²) in [5.74, 6) is -1.02. The van der Waals surface area contributed by atoms with Gasteiger partial charge >= 0.3 is 16.2 Å². The zero-order chi connectivity index (χ0) is 18.8. The van der Waals surface area contributed by atoms with Crippen LogP contribution in [0.5, 0.6) is 11.5 Å². The zero-order valence-electron chi connectivity index (χ0n) is 12.3. The molecule has 0 saturated carbocycles. The molecule has 0 unspecified atom stereocenters. The zero-order valence-corrected chi connectivity index (χ0v) is 13.2. The van der Waals surface area contributed by atoms with Crippen molar-refractivity contribution in [2.24, 2.45) is 0 Å². The molecular weight excluding hydrogens is 371 g/mol. The fraction of sp³-hybridized carbons (Fsp3) is 0.0667. The molecule has 136 valence electrons. The van der Waals surface area contributed by atoms with E-state index < -0.39 is 27.7 Å². The molecule has 2 aromatic rings. The smallest absolute Gasteiger partial charge is 0.349 e. The van der Waals surface area contributed by atoms with Crippen molar-refractivity contribution in [1.29, 1.82) is 0 Å². The van der Waals surface area contributed by atoms with Crippen molar-refractivity contribution in [2.75, 3.05) is 6.61 Å². The molecule has 0 N–H and O–H groups in total. The van der Waals surface area contributed by atoms with E-state index in [0.29, 0.717) is 24.0 Å². The number of halogens is 5. The van der Waals surface area contributed by atoms with Crippen LogP contribution in [0.4, 0.5) is 19.4 Å². The van der Waals surface area contributed by atoms with E-state index in [4.69, 9.17) is 9.47 Å². The number of benzene rings is 2. The Morgan fingerprint density at radius 2 is 1.40 bits per heavy atom. The standard InChI is InChI=1S/C15H11F5O4S/c16-25(17,18,19,20)14-7-5-13(6-8-14)24-15(22)10-23-12-3-1-11(9-21)2-4-12/h1-9H,10H2. The average Bonchev–Trinajstić information content (AvgIpc) is 2.52. The van der Waals surface area contributed by atoms with E-state index >= 15 is 0 Å². The minimum absolute atomic E-state index is 0.142. The Labute approximate surface area is 138 Å². The van der Waals surface area contributed by atoms with Gasteiger partial charge in [-0.3, -0.25) is 4.79 Å². The van der Waals surface area contributed by atoms with Crippen LogP contribution in [0, 0.1) is 0 Å². The summed E-state index contributed by atoms with van der Waals surface area (Å²) >= 11 is 0. The second-order valence-corrected chi connectivity index (χ2v) is 7.30. The van der Waals surface area contributed by atoms with Crippen molar-refractivity contribution in [1.82, 2.24) is 0 Å². The highest BCUT2D eigenvalue weighted by Gasteiger charge is 2.65. The number of carbonyl (C=O) groups excluding carboxylic acids is 2. The monoisotopic (exact) mass is 382 g/mol. The molecule has 0 bridgehead atoms. The number of esters is 1. The van der Waals surface area contributed by atoms with Crippen molar-refractivity contribution in [3.63, 3.8) is 0 Å². The van der Waals surface area contributed by atoms with Gasteiger partial charge in [-0.25, -0.2) is 4.79 Å². The summed E-state index contributed by atoms with van der Waals surface area (Å²) in [5, 5.41) is 0. The highest BCUT2D eigenvalue weighted by atomic mass is 32.5. The summed E-state index contributed by atoms with van der Waals surface area (Å²) in [6, 6.07) is 7.28. The van der Waals surface area contributed by atoms with Gasteiger partial charge in [0.2, 0.25) is 0 Å². The predicted molar refractivity (Wildman–Crippen MR) is 80.8 cm³/mol. The largest absolute Gasteiger partial charge is 0.482 e. The molecular formula is C15H11F5O4S. The molecule has 0 atom stereocenters. The van der Waals surface area contributed by atoms with E-state index in [1.807, 2.05) is 0 Å². The van der Waals surface area contributed by atoms with Crippen molar-refractivity contribution in [2.45, 2.75) is 4.90 Å². The molecule has 4 nitrogen and oxygen atoms in total. The molecule has 0 radical (unpaired) electrons. The van der Waals surface area contributed by atoms with Gasteiger partial charge in [0.1, 0.15) is 22.7 Å². The molecule has 0 aliphatic heterocycles. The van der Waals surface area contributed by atoms with Gasteiger partial charge in [0.25, 0.3) is 0 Å². The Hall–Kier alpha value is -2.62. The fourth-order valence-electron chi connectivity index (χ4n) is 1.71. The molecule has 25 heavy (non-hydrogen) atoms. The highest BCUT2D eigenvalue weighted by molar-refractivity contribution is 8.45. The SMILES string of the molecule is O=Cc1ccc(OCC(=O)Oc2ccc(S(F)(F)(F)(F)F)cc2)cc1. The summed E-state index contributed by atoms with van der Waals surface area (Å²) in [5.41, 5.74) is 0.402. The molecule has 0 aromatic heterocycles. The Kier molecular flexibility index (Phi) is 4.29. The van der Waals surface area contributed by atoms with Gasteiger partial charge in [-0.05, 0) is 48.5 Å². The van der Waals surface area contributed by atoms with Crippen molar-refractivity contribution in [3.8, 4) is 11.5 Å². The summed E-state index contributed by atoms with van der Waals surface area (Å²) in [4.78, 5) is 20.0. The minimum atomic E-state index is -9.76. The number of aldehydes is 1. The van der Waals surface area contributed by atoms with Crippen LogP contribution in [0.15, 0.2) is 53.4 Å². The average molecular weight is 382 g/mol.